The van der Waals surface area contributed by atoms with Gasteiger partial charge in [0.25, 0.3) is 0 Å². The molecule has 1 saturated heterocycles. The molecule has 3 atom stereocenters. The molecule has 4 nitrogen and oxygen atoms in total. The Morgan fingerprint density at radius 1 is 1.14 bits per heavy atom. The molecule has 1 aromatic carbocycles. The van der Waals surface area contributed by atoms with Gasteiger partial charge in [0.2, 0.25) is 0 Å². The lowest BCUT2D eigenvalue weighted by Crippen LogP contribution is -2.53. The zero-order valence-corrected chi connectivity index (χ0v) is 12.9. The Morgan fingerprint density at radius 3 is 2.71 bits per heavy atom. The van der Waals surface area contributed by atoms with Gasteiger partial charge in [-0.05, 0) is 43.5 Å². The number of piperidine rings is 1. The molecule has 2 fully saturated rings. The summed E-state index contributed by atoms with van der Waals surface area (Å²) in [5.74, 6) is 1.79. The Hall–Kier alpha value is -1.26. The molecular weight excluding hydrogens is 266 g/mol. The standard InChI is InChI=1S/C17H25NO3/c1-20-14-7-6-12(11-15(14)21-2)16-13-5-3-4-8-17(13,19)9-10-18-16/h6-7,11,13,16,18-19H,3-5,8-10H2,1-2H3/t13-,16+,17-/m1/s1. The molecule has 0 amide bonds. The molecule has 1 aromatic rings. The van der Waals surface area contributed by atoms with E-state index in [9.17, 15) is 5.11 Å². The highest BCUT2D eigenvalue weighted by Gasteiger charge is 2.45. The zero-order valence-electron chi connectivity index (χ0n) is 12.9. The molecule has 0 unspecified atom stereocenters. The van der Waals surface area contributed by atoms with Crippen molar-refractivity contribution in [2.45, 2.75) is 43.7 Å². The maximum Gasteiger partial charge on any atom is 0.161 e. The monoisotopic (exact) mass is 291 g/mol. The van der Waals surface area contributed by atoms with E-state index in [0.29, 0.717) is 0 Å². The van der Waals surface area contributed by atoms with Crippen molar-refractivity contribution in [2.75, 3.05) is 20.8 Å². The fourth-order valence-corrected chi connectivity index (χ4v) is 4.02. The highest BCUT2D eigenvalue weighted by atomic mass is 16.5. The van der Waals surface area contributed by atoms with Gasteiger partial charge in [0, 0.05) is 12.0 Å². The first-order valence-electron chi connectivity index (χ1n) is 7.85. The Morgan fingerprint density at radius 2 is 1.95 bits per heavy atom. The van der Waals surface area contributed by atoms with Crippen LogP contribution in [0.1, 0.15) is 43.7 Å². The van der Waals surface area contributed by atoms with Crippen LogP contribution in [0.3, 0.4) is 0 Å². The second-order valence-electron chi connectivity index (χ2n) is 6.25. The first-order chi connectivity index (χ1) is 10.2. The van der Waals surface area contributed by atoms with E-state index in [4.69, 9.17) is 9.47 Å². The van der Waals surface area contributed by atoms with E-state index in [1.807, 2.05) is 12.1 Å². The average molecular weight is 291 g/mol. The maximum atomic E-state index is 11.0. The molecule has 0 radical (unpaired) electrons. The number of benzene rings is 1. The fourth-order valence-electron chi connectivity index (χ4n) is 4.02. The average Bonchev–Trinajstić information content (AvgIpc) is 2.53. The number of rotatable bonds is 3. The molecule has 1 aliphatic carbocycles. The van der Waals surface area contributed by atoms with Crippen molar-refractivity contribution >= 4 is 0 Å². The van der Waals surface area contributed by atoms with Crippen LogP contribution < -0.4 is 14.8 Å². The number of hydrogen-bond acceptors (Lipinski definition) is 4. The van der Waals surface area contributed by atoms with E-state index in [0.717, 1.165) is 43.7 Å². The highest BCUT2D eigenvalue weighted by molar-refractivity contribution is 5.44. The summed E-state index contributed by atoms with van der Waals surface area (Å²) in [5.41, 5.74) is 0.680. The van der Waals surface area contributed by atoms with Crippen molar-refractivity contribution in [3.05, 3.63) is 23.8 Å². The summed E-state index contributed by atoms with van der Waals surface area (Å²) < 4.78 is 10.7. The van der Waals surface area contributed by atoms with Gasteiger partial charge in [-0.25, -0.2) is 0 Å². The van der Waals surface area contributed by atoms with Crippen molar-refractivity contribution in [1.29, 1.82) is 0 Å². The summed E-state index contributed by atoms with van der Waals surface area (Å²) in [6, 6.07) is 6.27. The van der Waals surface area contributed by atoms with Crippen LogP contribution in [0, 0.1) is 5.92 Å². The van der Waals surface area contributed by atoms with E-state index >= 15 is 0 Å². The summed E-state index contributed by atoms with van der Waals surface area (Å²) in [4.78, 5) is 0. The molecule has 3 rings (SSSR count). The number of nitrogens with one attached hydrogen (secondary N) is 1. The summed E-state index contributed by atoms with van der Waals surface area (Å²) in [5, 5.41) is 14.5. The van der Waals surface area contributed by atoms with Gasteiger partial charge >= 0.3 is 0 Å². The quantitative estimate of drug-likeness (QED) is 0.899. The summed E-state index contributed by atoms with van der Waals surface area (Å²) in [6.07, 6.45) is 5.23. The third kappa shape index (κ3) is 2.62. The van der Waals surface area contributed by atoms with Crippen LogP contribution in [0.15, 0.2) is 18.2 Å². The minimum absolute atomic E-state index is 0.198. The minimum atomic E-state index is -0.499. The summed E-state index contributed by atoms with van der Waals surface area (Å²) >= 11 is 0. The van der Waals surface area contributed by atoms with Gasteiger partial charge in [0.15, 0.2) is 11.5 Å². The second-order valence-corrected chi connectivity index (χ2v) is 6.25. The van der Waals surface area contributed by atoms with Gasteiger partial charge in [-0.3, -0.25) is 0 Å². The zero-order chi connectivity index (χ0) is 14.9. The van der Waals surface area contributed by atoms with Gasteiger partial charge in [0.05, 0.1) is 19.8 Å². The van der Waals surface area contributed by atoms with Crippen LogP contribution >= 0.6 is 0 Å². The molecule has 1 aliphatic heterocycles. The number of hydrogen-bond donors (Lipinski definition) is 2. The molecule has 0 bridgehead atoms. The lowest BCUT2D eigenvalue weighted by Gasteiger charge is -2.48. The van der Waals surface area contributed by atoms with Gasteiger partial charge < -0.3 is 19.9 Å². The van der Waals surface area contributed by atoms with Crippen molar-refractivity contribution < 1.29 is 14.6 Å². The van der Waals surface area contributed by atoms with E-state index in [2.05, 4.69) is 11.4 Å². The first-order valence-corrected chi connectivity index (χ1v) is 7.85. The Labute approximate surface area is 126 Å². The molecule has 1 heterocycles. The first kappa shape index (κ1) is 14.7. The minimum Gasteiger partial charge on any atom is -0.493 e. The Balaban J connectivity index is 1.91. The van der Waals surface area contributed by atoms with Gasteiger partial charge in [0.1, 0.15) is 0 Å². The van der Waals surface area contributed by atoms with Gasteiger partial charge in [-0.2, -0.15) is 0 Å². The van der Waals surface area contributed by atoms with Crippen LogP contribution in [0.2, 0.25) is 0 Å². The third-order valence-corrected chi connectivity index (χ3v) is 5.16. The largest absolute Gasteiger partial charge is 0.493 e. The van der Waals surface area contributed by atoms with Crippen LogP contribution in [-0.4, -0.2) is 31.5 Å². The third-order valence-electron chi connectivity index (χ3n) is 5.16. The normalized spacial score (nSPS) is 32.3. The van der Waals surface area contributed by atoms with Crippen LogP contribution in [0.5, 0.6) is 11.5 Å². The van der Waals surface area contributed by atoms with E-state index in [1.54, 1.807) is 14.2 Å². The van der Waals surface area contributed by atoms with Crippen LogP contribution in [0.25, 0.3) is 0 Å². The van der Waals surface area contributed by atoms with E-state index in [1.165, 1.54) is 12.0 Å². The summed E-state index contributed by atoms with van der Waals surface area (Å²) in [6.45, 7) is 0.867. The molecule has 116 valence electrons. The molecule has 0 aromatic heterocycles. The Bertz CT molecular complexity index is 501. The van der Waals surface area contributed by atoms with E-state index < -0.39 is 5.60 Å². The summed E-state index contributed by atoms with van der Waals surface area (Å²) in [7, 11) is 3.31. The maximum absolute atomic E-state index is 11.0. The number of methoxy groups -OCH3 is 2. The van der Waals surface area contributed by atoms with Crippen molar-refractivity contribution in [1.82, 2.24) is 5.32 Å². The predicted octanol–water partition coefficient (Wildman–Crippen LogP) is 2.66. The lowest BCUT2D eigenvalue weighted by molar-refractivity contribution is -0.0861. The van der Waals surface area contributed by atoms with Crippen LogP contribution in [0.4, 0.5) is 0 Å². The predicted molar refractivity (Wildman–Crippen MR) is 81.8 cm³/mol. The van der Waals surface area contributed by atoms with Crippen molar-refractivity contribution in [2.24, 2.45) is 5.92 Å². The number of fused-ring (bicyclic) bond motifs is 1. The molecule has 21 heavy (non-hydrogen) atoms. The molecule has 2 N–H and O–H groups in total. The van der Waals surface area contributed by atoms with Gasteiger partial charge in [-0.1, -0.05) is 18.9 Å². The molecule has 2 aliphatic rings. The smallest absolute Gasteiger partial charge is 0.161 e. The van der Waals surface area contributed by atoms with Crippen LogP contribution in [-0.2, 0) is 0 Å². The molecule has 4 heteroatoms. The second kappa shape index (κ2) is 5.85. The highest BCUT2D eigenvalue weighted by Crippen LogP contribution is 2.46. The molecule has 0 spiro atoms. The van der Waals surface area contributed by atoms with Crippen molar-refractivity contribution in [3.63, 3.8) is 0 Å². The Kier molecular flexibility index (Phi) is 4.09. The number of aliphatic hydroxyl groups is 1. The SMILES string of the molecule is COc1ccc([C@@H]2NCC[C@]3(O)CCCC[C@H]23)cc1OC. The van der Waals surface area contributed by atoms with Gasteiger partial charge in [-0.15, -0.1) is 0 Å². The molecular formula is C17H25NO3. The molecule has 1 saturated carbocycles. The van der Waals surface area contributed by atoms with E-state index in [-0.39, 0.29) is 12.0 Å². The number of ether oxygens (including phenoxy) is 2. The lowest BCUT2D eigenvalue weighted by atomic mass is 9.67. The van der Waals surface area contributed by atoms with Crippen molar-refractivity contribution in [3.8, 4) is 11.5 Å². The topological polar surface area (TPSA) is 50.7 Å². The fraction of sp³-hybridized carbons (Fsp3) is 0.647.